The van der Waals surface area contributed by atoms with Crippen LogP contribution in [0.3, 0.4) is 0 Å². The van der Waals surface area contributed by atoms with Crippen molar-refractivity contribution in [3.05, 3.63) is 57.5 Å². The fraction of sp³-hybridized carbons (Fsp3) is 0.0769. The van der Waals surface area contributed by atoms with Gasteiger partial charge in [0, 0.05) is 10.4 Å². The first-order chi connectivity index (χ1) is 8.19. The molecule has 2 aromatic rings. The van der Waals surface area contributed by atoms with Crippen molar-refractivity contribution in [1.29, 1.82) is 0 Å². The summed E-state index contributed by atoms with van der Waals surface area (Å²) in [5.74, 6) is 1.86. The van der Waals surface area contributed by atoms with Gasteiger partial charge < -0.3 is 4.74 Å². The predicted molar refractivity (Wildman–Crippen MR) is 75.2 cm³/mol. The van der Waals surface area contributed by atoms with Crippen LogP contribution in [0.5, 0.6) is 11.5 Å². The molecule has 2 aromatic carbocycles. The van der Waals surface area contributed by atoms with Crippen molar-refractivity contribution in [2.45, 2.75) is 5.88 Å². The molecule has 0 fully saturated rings. The maximum Gasteiger partial charge on any atom is 0.147 e. The maximum absolute atomic E-state index is 6.04. The van der Waals surface area contributed by atoms with E-state index in [1.807, 2.05) is 36.4 Å². The summed E-state index contributed by atoms with van der Waals surface area (Å²) in [7, 11) is 0. The Morgan fingerprint density at radius 3 is 2.41 bits per heavy atom. The summed E-state index contributed by atoms with van der Waals surface area (Å²) in [6, 6.07) is 13.1. The van der Waals surface area contributed by atoms with Crippen LogP contribution in [0.15, 0.2) is 46.9 Å². The lowest BCUT2D eigenvalue weighted by molar-refractivity contribution is 0.482. The summed E-state index contributed by atoms with van der Waals surface area (Å²) in [6.45, 7) is 0. The molecule has 0 saturated heterocycles. The Morgan fingerprint density at radius 2 is 1.76 bits per heavy atom. The highest BCUT2D eigenvalue weighted by Crippen LogP contribution is 2.32. The van der Waals surface area contributed by atoms with Gasteiger partial charge in [-0.3, -0.25) is 0 Å². The third kappa shape index (κ3) is 3.38. The van der Waals surface area contributed by atoms with Crippen molar-refractivity contribution in [1.82, 2.24) is 0 Å². The van der Waals surface area contributed by atoms with Crippen LogP contribution < -0.4 is 4.74 Å². The lowest BCUT2D eigenvalue weighted by Gasteiger charge is -2.08. The molecule has 0 amide bonds. The summed E-state index contributed by atoms with van der Waals surface area (Å²) in [4.78, 5) is 0. The summed E-state index contributed by atoms with van der Waals surface area (Å²) < 4.78 is 6.61. The molecule has 0 radical (unpaired) electrons. The number of halogens is 3. The van der Waals surface area contributed by atoms with Crippen molar-refractivity contribution in [3.63, 3.8) is 0 Å². The largest absolute Gasteiger partial charge is 0.456 e. The van der Waals surface area contributed by atoms with Crippen LogP contribution in [0.25, 0.3) is 0 Å². The van der Waals surface area contributed by atoms with E-state index in [0.29, 0.717) is 16.7 Å². The van der Waals surface area contributed by atoms with Gasteiger partial charge in [0.05, 0.1) is 5.02 Å². The molecule has 0 spiro atoms. The van der Waals surface area contributed by atoms with Gasteiger partial charge in [-0.05, 0) is 35.9 Å². The molecule has 0 aliphatic heterocycles. The molecule has 0 atom stereocenters. The van der Waals surface area contributed by atoms with Gasteiger partial charge in [0.25, 0.3) is 0 Å². The molecule has 0 aliphatic rings. The number of hydrogen-bond acceptors (Lipinski definition) is 1. The Labute approximate surface area is 118 Å². The average Bonchev–Trinajstić information content (AvgIpc) is 2.35. The maximum atomic E-state index is 6.04. The highest BCUT2D eigenvalue weighted by molar-refractivity contribution is 9.10. The molecule has 0 unspecified atom stereocenters. The molecule has 0 heterocycles. The fourth-order valence-electron chi connectivity index (χ4n) is 1.33. The Balaban J connectivity index is 2.22. The minimum Gasteiger partial charge on any atom is -0.456 e. The quantitative estimate of drug-likeness (QED) is 0.662. The van der Waals surface area contributed by atoms with Crippen molar-refractivity contribution < 1.29 is 4.74 Å². The minimum absolute atomic E-state index is 0.498. The van der Waals surface area contributed by atoms with Crippen LogP contribution in [-0.2, 0) is 5.88 Å². The highest BCUT2D eigenvalue weighted by Gasteiger charge is 2.04. The van der Waals surface area contributed by atoms with Gasteiger partial charge in [0.1, 0.15) is 11.5 Å². The van der Waals surface area contributed by atoms with Crippen LogP contribution in [-0.4, -0.2) is 0 Å². The van der Waals surface area contributed by atoms with E-state index in [1.54, 1.807) is 6.07 Å². The van der Waals surface area contributed by atoms with Crippen molar-refractivity contribution in [3.8, 4) is 11.5 Å². The van der Waals surface area contributed by atoms with Crippen LogP contribution in [0.1, 0.15) is 5.56 Å². The topological polar surface area (TPSA) is 9.23 Å². The summed E-state index contributed by atoms with van der Waals surface area (Å²) in [5.41, 5.74) is 1.05. The first kappa shape index (κ1) is 12.7. The Hall–Kier alpha value is -0.700. The summed E-state index contributed by atoms with van der Waals surface area (Å²) in [5, 5.41) is 0.578. The number of hydrogen-bond donors (Lipinski definition) is 0. The van der Waals surface area contributed by atoms with E-state index < -0.39 is 0 Å². The van der Waals surface area contributed by atoms with Crippen molar-refractivity contribution in [2.75, 3.05) is 0 Å². The SMILES string of the molecule is ClCc1ccc(Oc2cc(Br)ccc2Cl)cc1. The van der Waals surface area contributed by atoms with E-state index in [4.69, 9.17) is 27.9 Å². The van der Waals surface area contributed by atoms with Gasteiger partial charge in [-0.25, -0.2) is 0 Å². The van der Waals surface area contributed by atoms with Crippen LogP contribution in [0.4, 0.5) is 0 Å². The first-order valence-corrected chi connectivity index (χ1v) is 6.67. The zero-order valence-electron chi connectivity index (χ0n) is 8.79. The van der Waals surface area contributed by atoms with Gasteiger partial charge in [0.2, 0.25) is 0 Å². The summed E-state index contributed by atoms with van der Waals surface area (Å²) >= 11 is 15.1. The third-order valence-electron chi connectivity index (χ3n) is 2.20. The Morgan fingerprint density at radius 1 is 1.06 bits per heavy atom. The van der Waals surface area contributed by atoms with Crippen molar-refractivity contribution >= 4 is 39.1 Å². The van der Waals surface area contributed by atoms with Gasteiger partial charge in [-0.15, -0.1) is 11.6 Å². The van der Waals surface area contributed by atoms with Crippen LogP contribution in [0.2, 0.25) is 5.02 Å². The van der Waals surface area contributed by atoms with Gasteiger partial charge in [-0.1, -0.05) is 39.7 Å². The lowest BCUT2D eigenvalue weighted by atomic mass is 10.2. The van der Waals surface area contributed by atoms with E-state index >= 15 is 0 Å². The zero-order valence-corrected chi connectivity index (χ0v) is 11.9. The van der Waals surface area contributed by atoms with Gasteiger partial charge in [0.15, 0.2) is 0 Å². The molecule has 1 nitrogen and oxygen atoms in total. The molecule has 4 heteroatoms. The minimum atomic E-state index is 0.498. The van der Waals surface area contributed by atoms with E-state index in [2.05, 4.69) is 15.9 Å². The third-order valence-corrected chi connectivity index (χ3v) is 3.31. The number of rotatable bonds is 3. The second-order valence-electron chi connectivity index (χ2n) is 3.45. The van der Waals surface area contributed by atoms with Crippen molar-refractivity contribution in [2.24, 2.45) is 0 Å². The Kier molecular flexibility index (Phi) is 4.32. The molecule has 0 bridgehead atoms. The fourth-order valence-corrected chi connectivity index (χ4v) is 2.00. The molecule has 2 rings (SSSR count). The normalized spacial score (nSPS) is 10.3. The summed E-state index contributed by atoms with van der Waals surface area (Å²) in [6.07, 6.45) is 0. The second kappa shape index (κ2) is 5.76. The number of benzene rings is 2. The van der Waals surface area contributed by atoms with E-state index in [1.165, 1.54) is 0 Å². The monoisotopic (exact) mass is 330 g/mol. The zero-order chi connectivity index (χ0) is 12.3. The predicted octanol–water partition coefficient (Wildman–Crippen LogP) is 5.63. The van der Waals surface area contributed by atoms with Gasteiger partial charge in [-0.2, -0.15) is 0 Å². The average molecular weight is 332 g/mol. The van der Waals surface area contributed by atoms with Gasteiger partial charge >= 0.3 is 0 Å². The molecular formula is C13H9BrCl2O. The molecule has 17 heavy (non-hydrogen) atoms. The molecule has 0 aliphatic carbocycles. The molecule has 88 valence electrons. The first-order valence-electron chi connectivity index (χ1n) is 4.97. The number of alkyl halides is 1. The standard InChI is InChI=1S/C13H9BrCl2O/c14-10-3-6-12(16)13(7-10)17-11-4-1-9(8-15)2-5-11/h1-7H,8H2. The smallest absolute Gasteiger partial charge is 0.147 e. The second-order valence-corrected chi connectivity index (χ2v) is 5.04. The molecule has 0 N–H and O–H groups in total. The van der Waals surface area contributed by atoms with E-state index in [-0.39, 0.29) is 0 Å². The van der Waals surface area contributed by atoms with Crippen LogP contribution in [0, 0.1) is 0 Å². The Bertz CT molecular complexity index is 511. The number of ether oxygens (including phenoxy) is 1. The molecule has 0 saturated carbocycles. The molecule has 0 aromatic heterocycles. The highest BCUT2D eigenvalue weighted by atomic mass is 79.9. The van der Waals surface area contributed by atoms with E-state index in [9.17, 15) is 0 Å². The lowest BCUT2D eigenvalue weighted by Crippen LogP contribution is -1.86. The van der Waals surface area contributed by atoms with Crippen LogP contribution >= 0.6 is 39.1 Å². The molecular weight excluding hydrogens is 323 g/mol. The van der Waals surface area contributed by atoms with E-state index in [0.717, 1.165) is 15.8 Å².